The number of carbonyl (C=O) groups is 2. The quantitative estimate of drug-likeness (QED) is 0.359. The lowest BCUT2D eigenvalue weighted by Crippen LogP contribution is -2.40. The van der Waals surface area contributed by atoms with Crippen molar-refractivity contribution in [2.45, 2.75) is 19.1 Å². The molecule has 8 nitrogen and oxygen atoms in total. The normalized spacial score (nSPS) is 15.9. The van der Waals surface area contributed by atoms with Crippen LogP contribution in [0.3, 0.4) is 0 Å². The van der Waals surface area contributed by atoms with Gasteiger partial charge in [0.2, 0.25) is 5.91 Å². The van der Waals surface area contributed by atoms with Gasteiger partial charge in [0.05, 0.1) is 30.9 Å². The van der Waals surface area contributed by atoms with Crippen molar-refractivity contribution in [3.05, 3.63) is 102 Å². The van der Waals surface area contributed by atoms with E-state index in [0.29, 0.717) is 36.3 Å². The van der Waals surface area contributed by atoms with Crippen LogP contribution in [0.25, 0.3) is 11.0 Å². The first kappa shape index (κ1) is 25.4. The van der Waals surface area contributed by atoms with Crippen molar-refractivity contribution in [3.8, 4) is 5.75 Å². The number of amides is 2. The minimum atomic E-state index is -0.367. The Morgan fingerprint density at radius 2 is 1.74 bits per heavy atom. The molecule has 2 amide bonds. The number of rotatable bonds is 8. The Morgan fingerprint density at radius 1 is 0.947 bits per heavy atom. The summed E-state index contributed by atoms with van der Waals surface area (Å²) < 4.78 is 11.6. The van der Waals surface area contributed by atoms with Crippen molar-refractivity contribution < 1.29 is 19.1 Å². The zero-order valence-electron chi connectivity index (χ0n) is 21.3. The fraction of sp³-hybridized carbons (Fsp3) is 0.267. The molecule has 0 spiro atoms. The zero-order chi connectivity index (χ0) is 26.3. The van der Waals surface area contributed by atoms with E-state index in [4.69, 9.17) is 9.47 Å². The third kappa shape index (κ3) is 5.98. The predicted molar refractivity (Wildman–Crippen MR) is 144 cm³/mol. The Kier molecular flexibility index (Phi) is 7.89. The Bertz CT molecular complexity index is 1410. The fourth-order valence-electron chi connectivity index (χ4n) is 4.68. The van der Waals surface area contributed by atoms with Crippen LogP contribution in [0.5, 0.6) is 5.75 Å². The standard InChI is InChI=1S/C30H30N4O4/c1-37-24-10-5-9-23(17-24)21-38-25-18-33(16-13-22-7-3-2-4-8-22)28(35)20-34(19-25)30(36)26-11-6-12-27-29(26)32-15-14-31-27/h2-12,14-15,17,25H,13,16,18-21H2,1H3/t25-/m1/s1. The van der Waals surface area contributed by atoms with Crippen molar-refractivity contribution in [3.63, 3.8) is 0 Å². The maximum Gasteiger partial charge on any atom is 0.256 e. The van der Waals surface area contributed by atoms with Gasteiger partial charge in [0.15, 0.2) is 0 Å². The molecule has 0 radical (unpaired) electrons. The average molecular weight is 511 g/mol. The third-order valence-electron chi connectivity index (χ3n) is 6.68. The first-order valence-corrected chi connectivity index (χ1v) is 12.7. The number of benzene rings is 3. The smallest absolute Gasteiger partial charge is 0.256 e. The van der Waals surface area contributed by atoms with E-state index >= 15 is 0 Å². The Hall–Kier alpha value is -4.30. The highest BCUT2D eigenvalue weighted by atomic mass is 16.5. The lowest BCUT2D eigenvalue weighted by molar-refractivity contribution is -0.131. The number of fused-ring (bicyclic) bond motifs is 1. The lowest BCUT2D eigenvalue weighted by Gasteiger charge is -2.25. The van der Waals surface area contributed by atoms with Gasteiger partial charge in [-0.2, -0.15) is 0 Å². The van der Waals surface area contributed by atoms with Crippen LogP contribution in [-0.4, -0.2) is 71.0 Å². The van der Waals surface area contributed by atoms with Crippen LogP contribution in [0.15, 0.2) is 85.2 Å². The number of aromatic nitrogens is 2. The molecule has 0 N–H and O–H groups in total. The van der Waals surface area contributed by atoms with Crippen molar-refractivity contribution >= 4 is 22.8 Å². The number of ether oxygens (including phenoxy) is 2. The molecule has 0 saturated carbocycles. The van der Waals surface area contributed by atoms with E-state index < -0.39 is 0 Å². The van der Waals surface area contributed by atoms with Gasteiger partial charge >= 0.3 is 0 Å². The Labute approximate surface area is 221 Å². The third-order valence-corrected chi connectivity index (χ3v) is 6.68. The summed E-state index contributed by atoms with van der Waals surface area (Å²) >= 11 is 0. The van der Waals surface area contributed by atoms with Crippen LogP contribution in [-0.2, 0) is 22.6 Å². The van der Waals surface area contributed by atoms with Crippen LogP contribution in [0.1, 0.15) is 21.5 Å². The van der Waals surface area contributed by atoms with Gasteiger partial charge < -0.3 is 19.3 Å². The van der Waals surface area contributed by atoms with Crippen LogP contribution >= 0.6 is 0 Å². The van der Waals surface area contributed by atoms with Gasteiger partial charge in [0.25, 0.3) is 5.91 Å². The molecule has 194 valence electrons. The number of para-hydroxylation sites is 1. The van der Waals surface area contributed by atoms with Crippen molar-refractivity contribution in [1.82, 2.24) is 19.8 Å². The summed E-state index contributed by atoms with van der Waals surface area (Å²) in [5, 5.41) is 0. The summed E-state index contributed by atoms with van der Waals surface area (Å²) in [6.45, 7) is 1.54. The highest BCUT2D eigenvalue weighted by Crippen LogP contribution is 2.20. The Morgan fingerprint density at radius 3 is 2.58 bits per heavy atom. The molecular formula is C30H30N4O4. The molecule has 2 heterocycles. The van der Waals surface area contributed by atoms with Crippen LogP contribution in [0.2, 0.25) is 0 Å². The molecule has 1 aromatic heterocycles. The summed E-state index contributed by atoms with van der Waals surface area (Å²) in [6, 6.07) is 23.1. The molecule has 5 rings (SSSR count). The second-order valence-electron chi connectivity index (χ2n) is 9.28. The van der Waals surface area contributed by atoms with Gasteiger partial charge in [0, 0.05) is 32.0 Å². The fourth-order valence-corrected chi connectivity index (χ4v) is 4.68. The number of hydrogen-bond donors (Lipinski definition) is 0. The van der Waals surface area contributed by atoms with Crippen LogP contribution < -0.4 is 4.74 Å². The van der Waals surface area contributed by atoms with Gasteiger partial charge in [-0.15, -0.1) is 0 Å². The molecule has 38 heavy (non-hydrogen) atoms. The first-order chi connectivity index (χ1) is 18.6. The van der Waals surface area contributed by atoms with Crippen molar-refractivity contribution in [1.29, 1.82) is 0 Å². The molecule has 1 fully saturated rings. The van der Waals surface area contributed by atoms with E-state index in [1.807, 2.05) is 48.5 Å². The van der Waals surface area contributed by atoms with Crippen LogP contribution in [0.4, 0.5) is 0 Å². The largest absolute Gasteiger partial charge is 0.497 e. The highest BCUT2D eigenvalue weighted by Gasteiger charge is 2.32. The van der Waals surface area contributed by atoms with Crippen molar-refractivity contribution in [2.75, 3.05) is 33.3 Å². The summed E-state index contributed by atoms with van der Waals surface area (Å²) in [5.41, 5.74) is 3.69. The molecule has 1 aliphatic rings. The van der Waals surface area contributed by atoms with Gasteiger partial charge in [-0.25, -0.2) is 0 Å². The predicted octanol–water partition coefficient (Wildman–Crippen LogP) is 3.75. The molecule has 0 bridgehead atoms. The summed E-state index contributed by atoms with van der Waals surface area (Å²) in [6.07, 6.45) is 3.52. The second-order valence-corrected chi connectivity index (χ2v) is 9.28. The molecule has 1 atom stereocenters. The van der Waals surface area contributed by atoms with Gasteiger partial charge in [-0.3, -0.25) is 19.6 Å². The molecule has 1 aliphatic heterocycles. The van der Waals surface area contributed by atoms with Gasteiger partial charge in [-0.05, 0) is 41.8 Å². The first-order valence-electron chi connectivity index (χ1n) is 12.7. The van der Waals surface area contributed by atoms with E-state index in [1.165, 1.54) is 0 Å². The summed E-state index contributed by atoms with van der Waals surface area (Å²) in [4.78, 5) is 39.2. The van der Waals surface area contributed by atoms with E-state index in [-0.39, 0.29) is 31.0 Å². The summed E-state index contributed by atoms with van der Waals surface area (Å²) in [5.74, 6) is 0.387. The highest BCUT2D eigenvalue weighted by molar-refractivity contribution is 6.05. The minimum absolute atomic E-state index is 0.0245. The zero-order valence-corrected chi connectivity index (χ0v) is 21.3. The molecule has 8 heteroatoms. The van der Waals surface area contributed by atoms with E-state index in [9.17, 15) is 9.59 Å². The van der Waals surface area contributed by atoms with Gasteiger partial charge in [-0.1, -0.05) is 48.5 Å². The SMILES string of the molecule is COc1cccc(CO[C@@H]2CN(CCc3ccccc3)C(=O)CN(C(=O)c3cccc4nccnc34)C2)c1. The number of nitrogens with zero attached hydrogens (tertiary/aromatic N) is 4. The minimum Gasteiger partial charge on any atom is -0.497 e. The van der Waals surface area contributed by atoms with Crippen molar-refractivity contribution in [2.24, 2.45) is 0 Å². The second kappa shape index (κ2) is 11.8. The van der Waals surface area contributed by atoms with E-state index in [1.54, 1.807) is 41.4 Å². The van der Waals surface area contributed by atoms with E-state index in [0.717, 1.165) is 23.3 Å². The molecule has 0 unspecified atom stereocenters. The number of hydrogen-bond acceptors (Lipinski definition) is 6. The molecule has 4 aromatic rings. The topological polar surface area (TPSA) is 84.9 Å². The average Bonchev–Trinajstić information content (AvgIpc) is 3.13. The monoisotopic (exact) mass is 510 g/mol. The summed E-state index contributed by atoms with van der Waals surface area (Å²) in [7, 11) is 1.63. The molecule has 3 aromatic carbocycles. The van der Waals surface area contributed by atoms with E-state index in [2.05, 4.69) is 22.1 Å². The van der Waals surface area contributed by atoms with Crippen LogP contribution in [0, 0.1) is 0 Å². The number of carbonyl (C=O) groups excluding carboxylic acids is 2. The lowest BCUT2D eigenvalue weighted by atomic mass is 10.1. The maximum atomic E-state index is 13.7. The molecular weight excluding hydrogens is 480 g/mol. The molecule has 0 aliphatic carbocycles. The Balaban J connectivity index is 1.37. The van der Waals surface area contributed by atoms with Gasteiger partial charge in [0.1, 0.15) is 17.8 Å². The maximum absolute atomic E-state index is 13.7. The number of methoxy groups -OCH3 is 1. The molecule has 1 saturated heterocycles.